The minimum atomic E-state index is -2.96. The fourth-order valence-electron chi connectivity index (χ4n) is 1.42. The lowest BCUT2D eigenvalue weighted by molar-refractivity contribution is -0.0497. The molecule has 0 fully saturated rings. The molecule has 2 rings (SSSR count). The summed E-state index contributed by atoms with van der Waals surface area (Å²) in [7, 11) is 0. The predicted molar refractivity (Wildman–Crippen MR) is 63.6 cm³/mol. The van der Waals surface area contributed by atoms with Crippen molar-refractivity contribution in [2.24, 2.45) is 0 Å². The summed E-state index contributed by atoms with van der Waals surface area (Å²) in [6.07, 6.45) is 0.720. The van der Waals surface area contributed by atoms with Crippen LogP contribution in [0.15, 0.2) is 24.4 Å². The third-order valence-corrected chi connectivity index (χ3v) is 2.65. The van der Waals surface area contributed by atoms with Crippen LogP contribution in [0.4, 0.5) is 8.78 Å². The second-order valence-corrected chi connectivity index (χ2v) is 4.16. The Morgan fingerprint density at radius 3 is 2.74 bits per heavy atom. The molecule has 5 nitrogen and oxygen atoms in total. The zero-order valence-corrected chi connectivity index (χ0v) is 10.6. The molecule has 0 aliphatic rings. The molecule has 102 valence electrons. The Kier molecular flexibility index (Phi) is 3.96. The number of hydrogen-bond acceptors (Lipinski definition) is 4. The van der Waals surface area contributed by atoms with Crippen molar-refractivity contribution in [1.29, 1.82) is 0 Å². The van der Waals surface area contributed by atoms with E-state index < -0.39 is 12.7 Å². The Bertz CT molecular complexity index is 575. The molecule has 0 saturated heterocycles. The molecule has 1 atom stereocenters. The highest BCUT2D eigenvalue weighted by Crippen LogP contribution is 2.28. The fourth-order valence-corrected chi connectivity index (χ4v) is 1.58. The lowest BCUT2D eigenvalue weighted by atomic mass is 10.3. The maximum Gasteiger partial charge on any atom is 0.387 e. The van der Waals surface area contributed by atoms with E-state index in [1.165, 1.54) is 23.0 Å². The molecule has 1 unspecified atom stereocenters. The molecule has 8 heteroatoms. The highest BCUT2D eigenvalue weighted by Gasteiger charge is 2.12. The summed E-state index contributed by atoms with van der Waals surface area (Å²) in [6.45, 7) is -1.42. The molecular formula is C11H10ClF2N3O2. The molecule has 2 aromatic rings. The summed E-state index contributed by atoms with van der Waals surface area (Å²) < 4.78 is 30.0. The standard InChI is InChI=1S/C11H10ClF2N3O2/c1-6(18)9-5-17(16-15-9)7-2-3-8(12)10(4-7)19-11(13)14/h2-6,11,18H,1H3. The van der Waals surface area contributed by atoms with Crippen molar-refractivity contribution in [3.05, 3.63) is 35.1 Å². The first kappa shape index (κ1) is 13.7. The Morgan fingerprint density at radius 2 is 2.16 bits per heavy atom. The topological polar surface area (TPSA) is 60.2 Å². The Morgan fingerprint density at radius 1 is 1.42 bits per heavy atom. The van der Waals surface area contributed by atoms with Gasteiger partial charge in [0.15, 0.2) is 0 Å². The van der Waals surface area contributed by atoms with Crippen molar-refractivity contribution in [2.45, 2.75) is 19.6 Å². The van der Waals surface area contributed by atoms with Gasteiger partial charge >= 0.3 is 6.61 Å². The smallest absolute Gasteiger partial charge is 0.387 e. The molecule has 0 saturated carbocycles. The maximum atomic E-state index is 12.2. The number of alkyl halides is 2. The van der Waals surface area contributed by atoms with Crippen molar-refractivity contribution >= 4 is 11.6 Å². The number of benzene rings is 1. The van der Waals surface area contributed by atoms with Crippen molar-refractivity contribution in [3.8, 4) is 11.4 Å². The van der Waals surface area contributed by atoms with E-state index in [9.17, 15) is 13.9 Å². The molecule has 0 aliphatic carbocycles. The first-order chi connectivity index (χ1) is 8.97. The summed E-state index contributed by atoms with van der Waals surface area (Å²) in [6, 6.07) is 4.30. The number of hydrogen-bond donors (Lipinski definition) is 1. The molecule has 0 aliphatic heterocycles. The normalized spacial score (nSPS) is 12.7. The van der Waals surface area contributed by atoms with Crippen LogP contribution in [0.25, 0.3) is 5.69 Å². The van der Waals surface area contributed by atoms with Crippen LogP contribution < -0.4 is 4.74 Å². The third-order valence-electron chi connectivity index (χ3n) is 2.33. The van der Waals surface area contributed by atoms with Crippen LogP contribution in [0.5, 0.6) is 5.75 Å². The minimum Gasteiger partial charge on any atom is -0.433 e. The van der Waals surface area contributed by atoms with Crippen LogP contribution in [0.3, 0.4) is 0 Å². The van der Waals surface area contributed by atoms with Crippen molar-refractivity contribution in [2.75, 3.05) is 0 Å². The van der Waals surface area contributed by atoms with Gasteiger partial charge in [-0.2, -0.15) is 8.78 Å². The van der Waals surface area contributed by atoms with E-state index in [2.05, 4.69) is 15.0 Å². The van der Waals surface area contributed by atoms with Crippen molar-refractivity contribution in [3.63, 3.8) is 0 Å². The average molecular weight is 290 g/mol. The van der Waals surface area contributed by atoms with Crippen LogP contribution in [0.1, 0.15) is 18.7 Å². The SMILES string of the molecule is CC(O)c1cn(-c2ccc(Cl)c(OC(F)F)c2)nn1. The molecule has 0 bridgehead atoms. The Hall–Kier alpha value is -1.73. The zero-order chi connectivity index (χ0) is 14.0. The van der Waals surface area contributed by atoms with Gasteiger partial charge in [-0.1, -0.05) is 16.8 Å². The van der Waals surface area contributed by atoms with E-state index in [4.69, 9.17) is 11.6 Å². The van der Waals surface area contributed by atoms with Crippen LogP contribution in [0.2, 0.25) is 5.02 Å². The van der Waals surface area contributed by atoms with Gasteiger partial charge in [-0.3, -0.25) is 0 Å². The minimum absolute atomic E-state index is 0.0694. The van der Waals surface area contributed by atoms with Crippen LogP contribution in [-0.2, 0) is 0 Å². The van der Waals surface area contributed by atoms with E-state index >= 15 is 0 Å². The summed E-state index contributed by atoms with van der Waals surface area (Å²) >= 11 is 5.74. The van der Waals surface area contributed by atoms with Gasteiger partial charge in [0.2, 0.25) is 0 Å². The quantitative estimate of drug-likeness (QED) is 0.940. The first-order valence-electron chi connectivity index (χ1n) is 5.32. The van der Waals surface area contributed by atoms with Crippen LogP contribution >= 0.6 is 11.6 Å². The molecule has 19 heavy (non-hydrogen) atoms. The molecular weight excluding hydrogens is 280 g/mol. The molecule has 0 radical (unpaired) electrons. The van der Waals surface area contributed by atoms with Gasteiger partial charge in [0.25, 0.3) is 0 Å². The second kappa shape index (κ2) is 5.50. The van der Waals surface area contributed by atoms with E-state index in [1.807, 2.05) is 0 Å². The molecule has 0 amide bonds. The number of aliphatic hydroxyl groups is 1. The molecule has 0 spiro atoms. The highest BCUT2D eigenvalue weighted by atomic mass is 35.5. The molecule has 1 heterocycles. The Labute approximate surface area is 112 Å². The number of aliphatic hydroxyl groups excluding tert-OH is 1. The number of aromatic nitrogens is 3. The highest BCUT2D eigenvalue weighted by molar-refractivity contribution is 6.32. The van der Waals surface area contributed by atoms with Gasteiger partial charge in [-0.25, -0.2) is 4.68 Å². The van der Waals surface area contributed by atoms with E-state index in [0.29, 0.717) is 11.4 Å². The largest absolute Gasteiger partial charge is 0.433 e. The van der Waals surface area contributed by atoms with Gasteiger partial charge in [-0.15, -0.1) is 5.10 Å². The van der Waals surface area contributed by atoms with Gasteiger partial charge in [-0.05, 0) is 19.1 Å². The number of rotatable bonds is 4. The van der Waals surface area contributed by atoms with Crippen molar-refractivity contribution in [1.82, 2.24) is 15.0 Å². The van der Waals surface area contributed by atoms with Gasteiger partial charge in [0, 0.05) is 6.07 Å². The monoisotopic (exact) mass is 289 g/mol. The fraction of sp³-hybridized carbons (Fsp3) is 0.273. The molecule has 1 N–H and O–H groups in total. The zero-order valence-electron chi connectivity index (χ0n) is 9.80. The third kappa shape index (κ3) is 3.18. The van der Waals surface area contributed by atoms with Gasteiger partial charge in [0.05, 0.1) is 23.0 Å². The van der Waals surface area contributed by atoms with Crippen molar-refractivity contribution < 1.29 is 18.6 Å². The molecule has 1 aromatic heterocycles. The lowest BCUT2D eigenvalue weighted by Crippen LogP contribution is -2.03. The van der Waals surface area contributed by atoms with Gasteiger partial charge < -0.3 is 9.84 Å². The number of ether oxygens (including phenoxy) is 1. The van der Waals surface area contributed by atoms with E-state index in [1.54, 1.807) is 13.0 Å². The van der Waals surface area contributed by atoms with Crippen LogP contribution in [-0.4, -0.2) is 26.7 Å². The van der Waals surface area contributed by atoms with Crippen LogP contribution in [0, 0.1) is 0 Å². The first-order valence-corrected chi connectivity index (χ1v) is 5.70. The summed E-state index contributed by atoms with van der Waals surface area (Å²) in [5.74, 6) is -0.150. The summed E-state index contributed by atoms with van der Waals surface area (Å²) in [5, 5.41) is 16.9. The molecule has 1 aromatic carbocycles. The number of nitrogens with zero attached hydrogens (tertiary/aromatic N) is 3. The summed E-state index contributed by atoms with van der Waals surface area (Å²) in [5.41, 5.74) is 0.811. The summed E-state index contributed by atoms with van der Waals surface area (Å²) in [4.78, 5) is 0. The predicted octanol–water partition coefficient (Wildman–Crippen LogP) is 2.58. The van der Waals surface area contributed by atoms with E-state index in [-0.39, 0.29) is 10.8 Å². The number of halogens is 3. The second-order valence-electron chi connectivity index (χ2n) is 3.76. The Balaban J connectivity index is 2.33. The lowest BCUT2D eigenvalue weighted by Gasteiger charge is -2.08. The van der Waals surface area contributed by atoms with E-state index in [0.717, 1.165) is 0 Å². The average Bonchev–Trinajstić information content (AvgIpc) is 2.81. The van der Waals surface area contributed by atoms with Gasteiger partial charge in [0.1, 0.15) is 11.4 Å². The maximum absolute atomic E-state index is 12.2.